The molecule has 52 heavy (non-hydrogen) atoms. The van der Waals surface area contributed by atoms with Crippen LogP contribution in [0.15, 0.2) is 78.9 Å². The van der Waals surface area contributed by atoms with Crippen molar-refractivity contribution >= 4 is 40.9 Å². The molecule has 0 aromatic heterocycles. The van der Waals surface area contributed by atoms with Crippen LogP contribution in [0.1, 0.15) is 45.7 Å². The summed E-state index contributed by atoms with van der Waals surface area (Å²) in [6, 6.07) is 14.8. The van der Waals surface area contributed by atoms with E-state index in [1.807, 2.05) is 0 Å². The van der Waals surface area contributed by atoms with Crippen LogP contribution >= 0.6 is 0 Å². The Morgan fingerprint density at radius 1 is 0.654 bits per heavy atom. The highest BCUT2D eigenvalue weighted by molar-refractivity contribution is 5.99. The second-order valence-corrected chi connectivity index (χ2v) is 13.2. The number of phenols is 1. The molecule has 15 heteroatoms. The van der Waals surface area contributed by atoms with E-state index in [1.54, 1.807) is 70.2 Å². The number of hydrogen-bond donors (Lipinski definition) is 7. The number of hydrogen-bond acceptors (Lipinski definition) is 9. The monoisotopic (exact) mass is 717 g/mol. The molecule has 0 aliphatic carbocycles. The van der Waals surface area contributed by atoms with E-state index >= 15 is 0 Å². The van der Waals surface area contributed by atoms with E-state index in [0.29, 0.717) is 16.8 Å². The Kier molecular flexibility index (Phi) is 14.8. The third-order valence-corrected chi connectivity index (χ3v) is 8.29. The zero-order chi connectivity index (χ0) is 38.5. The number of nitrogens with zero attached hydrogens (tertiary/aromatic N) is 1. The molecule has 0 aliphatic rings. The van der Waals surface area contributed by atoms with Gasteiger partial charge in [-0.2, -0.15) is 0 Å². The number of carbonyl (C=O) groups excluding carboxylic acids is 5. The first-order valence-corrected chi connectivity index (χ1v) is 16.9. The molecule has 0 bridgehead atoms. The molecule has 0 saturated carbocycles. The number of aromatic hydroxyl groups is 1. The predicted octanol–water partition coefficient (Wildman–Crippen LogP) is 2.32. The maximum atomic E-state index is 13.8. The molecular formula is C37H47N7O8. The van der Waals surface area contributed by atoms with Gasteiger partial charge in [-0.25, -0.2) is 0 Å². The number of amides is 5. The average Bonchev–Trinajstić information content (AvgIpc) is 3.10. The quantitative estimate of drug-likeness (QED) is 0.0801. The van der Waals surface area contributed by atoms with Crippen LogP contribution in [0.25, 0.3) is 0 Å². The Bertz CT molecular complexity index is 1700. The second-order valence-electron chi connectivity index (χ2n) is 13.2. The summed E-state index contributed by atoms with van der Waals surface area (Å²) in [5, 5.41) is 34.0. The number of phenolic OH excluding ortho intramolecular Hbond substituents is 1. The smallest absolute Gasteiger partial charge is 0.269 e. The molecule has 0 aliphatic heterocycles. The largest absolute Gasteiger partial charge is 0.508 e. The van der Waals surface area contributed by atoms with Gasteiger partial charge in [0.05, 0.1) is 11.0 Å². The molecule has 8 N–H and O–H groups in total. The van der Waals surface area contributed by atoms with Crippen LogP contribution in [-0.4, -0.2) is 69.8 Å². The summed E-state index contributed by atoms with van der Waals surface area (Å²) >= 11 is 0. The van der Waals surface area contributed by atoms with Crippen LogP contribution in [-0.2, 0) is 36.8 Å². The molecule has 15 nitrogen and oxygen atoms in total. The van der Waals surface area contributed by atoms with Crippen LogP contribution < -0.4 is 32.3 Å². The molecule has 0 fully saturated rings. The van der Waals surface area contributed by atoms with Crippen molar-refractivity contribution in [1.29, 1.82) is 0 Å². The molecule has 0 radical (unpaired) electrons. The van der Waals surface area contributed by atoms with Crippen LogP contribution in [0.3, 0.4) is 0 Å². The highest BCUT2D eigenvalue weighted by Crippen LogP contribution is 2.17. The summed E-state index contributed by atoms with van der Waals surface area (Å²) in [6.45, 7) is 8.41. The fraction of sp³-hybridized carbons (Fsp3) is 0.378. The number of non-ortho nitro benzene ring substituents is 1. The maximum Gasteiger partial charge on any atom is 0.269 e. The number of nitrogens with one attached hydrogen (secondary N) is 5. The standard InChI is InChI=1S/C37H47N7O8/c1-21(2)31(38)36(49)42-30(20-25-11-17-28(45)18-12-25)35(48)41-29(19-24-9-7-6-8-10-24)34(47)39-23(5)33(46)43-32(22(3)4)37(50)40-26-13-15-27(16-14-26)44(51)52/h6-18,21-23,29-32,45H,19-20,38H2,1-5H3,(H,39,47)(H,40,50)(H,41,48)(H,42,49)(H,43,46)/t23-,29-,30-,31-,32-/m0/s1. The van der Waals surface area contributed by atoms with Crippen molar-refractivity contribution in [3.63, 3.8) is 0 Å². The van der Waals surface area contributed by atoms with E-state index in [9.17, 15) is 39.2 Å². The fourth-order valence-electron chi connectivity index (χ4n) is 5.06. The van der Waals surface area contributed by atoms with Gasteiger partial charge in [0.25, 0.3) is 5.69 Å². The van der Waals surface area contributed by atoms with Gasteiger partial charge in [0.1, 0.15) is 29.9 Å². The van der Waals surface area contributed by atoms with Gasteiger partial charge in [-0.05, 0) is 54.2 Å². The van der Waals surface area contributed by atoms with E-state index in [2.05, 4.69) is 26.6 Å². The van der Waals surface area contributed by atoms with Crippen LogP contribution in [0.2, 0.25) is 0 Å². The minimum absolute atomic E-state index is 0.0261. The number of nitro groups is 1. The zero-order valence-corrected chi connectivity index (χ0v) is 29.8. The summed E-state index contributed by atoms with van der Waals surface area (Å²) in [7, 11) is 0. The lowest BCUT2D eigenvalue weighted by Gasteiger charge is -2.27. The van der Waals surface area contributed by atoms with Crippen LogP contribution in [0.4, 0.5) is 11.4 Å². The lowest BCUT2D eigenvalue weighted by molar-refractivity contribution is -0.384. The lowest BCUT2D eigenvalue weighted by atomic mass is 10.0. The van der Waals surface area contributed by atoms with Gasteiger partial charge in [-0.3, -0.25) is 34.1 Å². The Balaban J connectivity index is 1.77. The van der Waals surface area contributed by atoms with Gasteiger partial charge >= 0.3 is 0 Å². The Labute approximate surface area is 302 Å². The lowest BCUT2D eigenvalue weighted by Crippen LogP contribution is -2.59. The highest BCUT2D eigenvalue weighted by Gasteiger charge is 2.32. The maximum absolute atomic E-state index is 13.8. The molecular weight excluding hydrogens is 670 g/mol. The summed E-state index contributed by atoms with van der Waals surface area (Å²) in [5.41, 5.74) is 7.54. The van der Waals surface area contributed by atoms with Crippen molar-refractivity contribution in [3.05, 3.63) is 100 Å². The number of carbonyl (C=O) groups is 5. The molecule has 0 saturated heterocycles. The van der Waals surface area contributed by atoms with Crippen molar-refractivity contribution in [2.75, 3.05) is 5.32 Å². The number of benzene rings is 3. The topological polar surface area (TPSA) is 235 Å². The minimum Gasteiger partial charge on any atom is -0.508 e. The molecule has 3 aromatic carbocycles. The molecule has 0 unspecified atom stereocenters. The second kappa shape index (κ2) is 19.0. The van der Waals surface area contributed by atoms with Crippen molar-refractivity contribution < 1.29 is 34.0 Å². The minimum atomic E-state index is -1.19. The van der Waals surface area contributed by atoms with Gasteiger partial charge in [-0.1, -0.05) is 70.2 Å². The Hall–Kier alpha value is -5.83. The van der Waals surface area contributed by atoms with Crippen molar-refractivity contribution in [2.24, 2.45) is 17.6 Å². The third kappa shape index (κ3) is 12.2. The number of rotatable bonds is 17. The summed E-state index contributed by atoms with van der Waals surface area (Å²) in [5.74, 6) is -3.72. The summed E-state index contributed by atoms with van der Waals surface area (Å²) in [4.78, 5) is 77.3. The molecule has 5 amide bonds. The molecule has 0 heterocycles. The summed E-state index contributed by atoms with van der Waals surface area (Å²) < 4.78 is 0. The van der Waals surface area contributed by atoms with Gasteiger partial charge in [0.15, 0.2) is 0 Å². The van der Waals surface area contributed by atoms with Gasteiger partial charge < -0.3 is 37.4 Å². The molecule has 278 valence electrons. The normalized spacial score (nSPS) is 13.9. The third-order valence-electron chi connectivity index (χ3n) is 8.29. The van der Waals surface area contributed by atoms with E-state index in [4.69, 9.17) is 5.73 Å². The van der Waals surface area contributed by atoms with Crippen molar-refractivity contribution in [3.8, 4) is 5.75 Å². The molecule has 3 rings (SSSR count). The Morgan fingerprint density at radius 2 is 1.17 bits per heavy atom. The van der Waals surface area contributed by atoms with Gasteiger partial charge in [0.2, 0.25) is 29.5 Å². The Morgan fingerprint density at radius 3 is 1.69 bits per heavy atom. The number of nitro benzene ring substituents is 1. The first-order chi connectivity index (χ1) is 24.5. The number of nitrogens with two attached hydrogens (primary N) is 1. The molecule has 0 spiro atoms. The van der Waals surface area contributed by atoms with E-state index in [0.717, 1.165) is 0 Å². The van der Waals surface area contributed by atoms with Crippen molar-refractivity contribution in [2.45, 2.75) is 77.7 Å². The number of anilines is 1. The van der Waals surface area contributed by atoms with Crippen molar-refractivity contribution in [1.82, 2.24) is 21.3 Å². The van der Waals surface area contributed by atoms with E-state index in [1.165, 1.54) is 43.3 Å². The first-order valence-electron chi connectivity index (χ1n) is 16.9. The predicted molar refractivity (Wildman–Crippen MR) is 195 cm³/mol. The first kappa shape index (κ1) is 40.6. The molecule has 5 atom stereocenters. The van der Waals surface area contributed by atoms with Gasteiger partial charge in [-0.15, -0.1) is 0 Å². The van der Waals surface area contributed by atoms with Crippen LogP contribution in [0.5, 0.6) is 5.75 Å². The van der Waals surface area contributed by atoms with E-state index in [-0.39, 0.29) is 36.1 Å². The SMILES string of the molecule is CC(C)[C@H](N)C(=O)N[C@@H](Cc1ccc(O)cc1)C(=O)N[C@@H](Cc1ccccc1)C(=O)N[C@@H](C)C(=O)N[C@H](C(=O)Nc1ccc([N+](=O)[O-])cc1)C(C)C. The van der Waals surface area contributed by atoms with Crippen LogP contribution in [0, 0.1) is 22.0 Å². The fourth-order valence-corrected chi connectivity index (χ4v) is 5.06. The van der Waals surface area contributed by atoms with E-state index < -0.39 is 64.7 Å². The van der Waals surface area contributed by atoms with Gasteiger partial charge in [0, 0.05) is 30.7 Å². The zero-order valence-electron chi connectivity index (χ0n) is 29.8. The molecule has 3 aromatic rings. The summed E-state index contributed by atoms with van der Waals surface area (Å²) in [6.07, 6.45) is 0.0735. The highest BCUT2D eigenvalue weighted by atomic mass is 16.6. The average molecular weight is 718 g/mol.